The summed E-state index contributed by atoms with van der Waals surface area (Å²) in [5.41, 5.74) is 0.929. The molecular formula is C11H10Br2ClN3. The van der Waals surface area contributed by atoms with E-state index in [2.05, 4.69) is 55.9 Å². The van der Waals surface area contributed by atoms with Gasteiger partial charge in [0.05, 0.1) is 5.69 Å². The Balaban J connectivity index is 2.67. The monoisotopic (exact) mass is 377 g/mol. The average Bonchev–Trinajstić information content (AvgIpc) is 2.64. The summed E-state index contributed by atoms with van der Waals surface area (Å²) < 4.78 is 3.78. The maximum atomic E-state index is 6.10. The Labute approximate surface area is 121 Å². The van der Waals surface area contributed by atoms with Crippen molar-refractivity contribution in [2.24, 2.45) is 0 Å². The Morgan fingerprint density at radius 3 is 2.59 bits per heavy atom. The third-order valence-electron chi connectivity index (χ3n) is 2.31. The lowest BCUT2D eigenvalue weighted by molar-refractivity contribution is 0.744. The summed E-state index contributed by atoms with van der Waals surface area (Å²) in [6.45, 7) is 4.12. The summed E-state index contributed by atoms with van der Waals surface area (Å²) in [6, 6.07) is 5.89. The molecule has 1 heterocycles. The van der Waals surface area contributed by atoms with Crippen molar-refractivity contribution in [1.82, 2.24) is 14.8 Å². The van der Waals surface area contributed by atoms with Crippen LogP contribution in [0.3, 0.4) is 0 Å². The van der Waals surface area contributed by atoms with Crippen molar-refractivity contribution in [3.63, 3.8) is 0 Å². The van der Waals surface area contributed by atoms with E-state index in [1.54, 1.807) is 0 Å². The van der Waals surface area contributed by atoms with Gasteiger partial charge in [0.1, 0.15) is 5.82 Å². The molecule has 2 rings (SSSR count). The number of rotatable bonds is 2. The molecule has 0 N–H and O–H groups in total. The Morgan fingerprint density at radius 1 is 1.24 bits per heavy atom. The van der Waals surface area contributed by atoms with Gasteiger partial charge in [0.25, 0.3) is 0 Å². The van der Waals surface area contributed by atoms with Gasteiger partial charge >= 0.3 is 0 Å². The highest BCUT2D eigenvalue weighted by atomic mass is 79.9. The van der Waals surface area contributed by atoms with Crippen LogP contribution in [0.4, 0.5) is 0 Å². The van der Waals surface area contributed by atoms with Gasteiger partial charge in [0, 0.05) is 14.9 Å². The molecule has 6 heteroatoms. The molecule has 0 saturated heterocycles. The largest absolute Gasteiger partial charge is 0.268 e. The standard InChI is InChI=1S/C11H10Br2ClN3/c1-6(2)10-15-16-11(14)17(10)9-5-7(12)3-4-8(9)13/h3-6H,1-2H3. The lowest BCUT2D eigenvalue weighted by Gasteiger charge is -2.12. The maximum Gasteiger partial charge on any atom is 0.229 e. The minimum Gasteiger partial charge on any atom is -0.268 e. The SMILES string of the molecule is CC(C)c1nnc(Cl)n1-c1cc(Br)ccc1Br. The highest BCUT2D eigenvalue weighted by Crippen LogP contribution is 2.30. The van der Waals surface area contributed by atoms with Crippen molar-refractivity contribution in [3.8, 4) is 5.69 Å². The van der Waals surface area contributed by atoms with Gasteiger partial charge in [-0.25, -0.2) is 0 Å². The van der Waals surface area contributed by atoms with E-state index in [1.165, 1.54) is 0 Å². The molecule has 0 fully saturated rings. The number of aromatic nitrogens is 3. The Bertz CT molecular complexity index is 552. The van der Waals surface area contributed by atoms with Crippen LogP contribution in [0.1, 0.15) is 25.6 Å². The van der Waals surface area contributed by atoms with E-state index >= 15 is 0 Å². The zero-order chi connectivity index (χ0) is 12.6. The van der Waals surface area contributed by atoms with E-state index in [0.717, 1.165) is 20.5 Å². The highest BCUT2D eigenvalue weighted by Gasteiger charge is 2.17. The highest BCUT2D eigenvalue weighted by molar-refractivity contribution is 9.11. The van der Waals surface area contributed by atoms with E-state index in [1.807, 2.05) is 22.8 Å². The lowest BCUT2D eigenvalue weighted by atomic mass is 10.2. The fourth-order valence-electron chi connectivity index (χ4n) is 1.53. The molecule has 0 saturated carbocycles. The van der Waals surface area contributed by atoms with Crippen LogP contribution in [0, 0.1) is 0 Å². The molecule has 90 valence electrons. The third-order valence-corrected chi connectivity index (χ3v) is 3.72. The normalized spacial score (nSPS) is 11.2. The van der Waals surface area contributed by atoms with Crippen LogP contribution >= 0.6 is 43.5 Å². The molecule has 0 aliphatic heterocycles. The van der Waals surface area contributed by atoms with Crippen molar-refractivity contribution < 1.29 is 0 Å². The Kier molecular flexibility index (Phi) is 3.90. The first kappa shape index (κ1) is 13.1. The molecule has 0 atom stereocenters. The van der Waals surface area contributed by atoms with Gasteiger partial charge in [-0.15, -0.1) is 10.2 Å². The van der Waals surface area contributed by atoms with Crippen LogP contribution in [0.5, 0.6) is 0 Å². The number of hydrogen-bond acceptors (Lipinski definition) is 2. The van der Waals surface area contributed by atoms with Crippen molar-refractivity contribution in [1.29, 1.82) is 0 Å². The van der Waals surface area contributed by atoms with Crippen molar-refractivity contribution in [2.45, 2.75) is 19.8 Å². The molecule has 0 unspecified atom stereocenters. The molecule has 1 aromatic carbocycles. The van der Waals surface area contributed by atoms with E-state index in [9.17, 15) is 0 Å². The van der Waals surface area contributed by atoms with Gasteiger partial charge in [0.15, 0.2) is 0 Å². The molecule has 0 aliphatic carbocycles. The predicted octanol–water partition coefficient (Wildman–Crippen LogP) is 4.57. The fraction of sp³-hybridized carbons (Fsp3) is 0.273. The quantitative estimate of drug-likeness (QED) is 0.765. The van der Waals surface area contributed by atoms with Crippen LogP contribution in [0.2, 0.25) is 5.28 Å². The van der Waals surface area contributed by atoms with E-state index < -0.39 is 0 Å². The molecule has 0 aliphatic rings. The van der Waals surface area contributed by atoms with Gasteiger partial charge in [0.2, 0.25) is 5.28 Å². The van der Waals surface area contributed by atoms with Crippen molar-refractivity contribution >= 4 is 43.5 Å². The number of nitrogens with zero attached hydrogens (tertiary/aromatic N) is 3. The number of hydrogen-bond donors (Lipinski definition) is 0. The first-order valence-corrected chi connectivity index (χ1v) is 7.03. The van der Waals surface area contributed by atoms with Crippen LogP contribution in [0.15, 0.2) is 27.1 Å². The summed E-state index contributed by atoms with van der Waals surface area (Å²) in [7, 11) is 0. The molecule has 1 aromatic heterocycles. The van der Waals surface area contributed by atoms with Crippen LogP contribution < -0.4 is 0 Å². The van der Waals surface area contributed by atoms with Crippen LogP contribution in [-0.2, 0) is 0 Å². The third kappa shape index (κ3) is 2.56. The molecule has 0 radical (unpaired) electrons. The zero-order valence-electron chi connectivity index (χ0n) is 9.28. The van der Waals surface area contributed by atoms with Gasteiger partial charge < -0.3 is 0 Å². The fourth-order valence-corrected chi connectivity index (χ4v) is 2.52. The van der Waals surface area contributed by atoms with E-state index in [4.69, 9.17) is 11.6 Å². The van der Waals surface area contributed by atoms with Crippen molar-refractivity contribution in [3.05, 3.63) is 38.3 Å². The van der Waals surface area contributed by atoms with E-state index in [0.29, 0.717) is 5.28 Å². The molecule has 3 nitrogen and oxygen atoms in total. The zero-order valence-corrected chi connectivity index (χ0v) is 13.2. The second-order valence-corrected chi connectivity index (χ2v) is 6.02. The Hall–Kier alpha value is -0.390. The van der Waals surface area contributed by atoms with Gasteiger partial charge in [-0.2, -0.15) is 0 Å². The smallest absolute Gasteiger partial charge is 0.229 e. The van der Waals surface area contributed by atoms with Crippen LogP contribution in [0.25, 0.3) is 5.69 Å². The first-order chi connectivity index (χ1) is 8.00. The van der Waals surface area contributed by atoms with Crippen LogP contribution in [-0.4, -0.2) is 14.8 Å². The lowest BCUT2D eigenvalue weighted by Crippen LogP contribution is -2.04. The number of halogens is 3. The molecule has 0 spiro atoms. The predicted molar refractivity (Wildman–Crippen MR) is 75.9 cm³/mol. The summed E-state index contributed by atoms with van der Waals surface area (Å²) >= 11 is 13.1. The minimum absolute atomic E-state index is 0.251. The van der Waals surface area contributed by atoms with E-state index in [-0.39, 0.29) is 5.92 Å². The number of benzene rings is 1. The molecule has 17 heavy (non-hydrogen) atoms. The summed E-state index contributed by atoms with van der Waals surface area (Å²) in [5, 5.41) is 8.40. The minimum atomic E-state index is 0.251. The molecular weight excluding hydrogens is 369 g/mol. The van der Waals surface area contributed by atoms with Gasteiger partial charge in [-0.3, -0.25) is 4.57 Å². The van der Waals surface area contributed by atoms with Crippen molar-refractivity contribution in [2.75, 3.05) is 0 Å². The summed E-state index contributed by atoms with van der Waals surface area (Å²) in [6.07, 6.45) is 0. The van der Waals surface area contributed by atoms with Gasteiger partial charge in [-0.1, -0.05) is 29.8 Å². The Morgan fingerprint density at radius 2 is 1.94 bits per heavy atom. The summed E-state index contributed by atoms with van der Waals surface area (Å²) in [4.78, 5) is 0. The van der Waals surface area contributed by atoms with Gasteiger partial charge in [-0.05, 0) is 45.7 Å². The molecule has 0 bridgehead atoms. The summed E-state index contributed by atoms with van der Waals surface area (Å²) in [5.74, 6) is 1.09. The average molecular weight is 379 g/mol. The second kappa shape index (κ2) is 5.08. The molecule has 2 aromatic rings. The topological polar surface area (TPSA) is 30.7 Å². The first-order valence-electron chi connectivity index (χ1n) is 5.07. The second-order valence-electron chi connectivity index (χ2n) is 3.91. The maximum absolute atomic E-state index is 6.10. The molecule has 0 amide bonds.